The highest BCUT2D eigenvalue weighted by molar-refractivity contribution is 7.18. The minimum absolute atomic E-state index is 0.0102. The fourth-order valence-electron chi connectivity index (χ4n) is 3.18. The second kappa shape index (κ2) is 9.53. The molecule has 2 aromatic heterocycles. The van der Waals surface area contributed by atoms with Crippen LogP contribution in [0.2, 0.25) is 0 Å². The molecule has 30 heavy (non-hydrogen) atoms. The molecular formula is C21H22N2O6S. The van der Waals surface area contributed by atoms with Gasteiger partial charge in [0, 0.05) is 18.0 Å². The summed E-state index contributed by atoms with van der Waals surface area (Å²) in [6, 6.07) is 11.1. The Labute approximate surface area is 176 Å². The predicted molar refractivity (Wildman–Crippen MR) is 113 cm³/mol. The van der Waals surface area contributed by atoms with Gasteiger partial charge in [-0.3, -0.25) is 23.5 Å². The van der Waals surface area contributed by atoms with Crippen molar-refractivity contribution in [2.24, 2.45) is 0 Å². The minimum Gasteiger partial charge on any atom is -0.481 e. The zero-order valence-electron chi connectivity index (χ0n) is 16.5. The van der Waals surface area contributed by atoms with Crippen LogP contribution in [0.1, 0.15) is 23.8 Å². The Morgan fingerprint density at radius 2 is 1.83 bits per heavy atom. The molecule has 2 heterocycles. The Balaban J connectivity index is 2.04. The van der Waals surface area contributed by atoms with Crippen LogP contribution in [-0.4, -0.2) is 32.8 Å². The van der Waals surface area contributed by atoms with Gasteiger partial charge in [-0.1, -0.05) is 30.3 Å². The third kappa shape index (κ3) is 4.85. The summed E-state index contributed by atoms with van der Waals surface area (Å²) in [5.41, 5.74) is -0.00705. The Kier molecular flexibility index (Phi) is 6.83. The molecular weight excluding hydrogens is 408 g/mol. The monoisotopic (exact) mass is 430 g/mol. The zero-order valence-corrected chi connectivity index (χ0v) is 17.3. The summed E-state index contributed by atoms with van der Waals surface area (Å²) in [4.78, 5) is 49.9. The van der Waals surface area contributed by atoms with Crippen molar-refractivity contribution in [3.63, 3.8) is 0 Å². The Bertz CT molecular complexity index is 1180. The number of carboxylic acid groups (broad SMARTS) is 1. The van der Waals surface area contributed by atoms with Crippen molar-refractivity contribution < 1.29 is 19.4 Å². The van der Waals surface area contributed by atoms with Crippen LogP contribution in [0.5, 0.6) is 0 Å². The Morgan fingerprint density at radius 1 is 1.10 bits per heavy atom. The van der Waals surface area contributed by atoms with Gasteiger partial charge in [0.05, 0.1) is 24.8 Å². The highest BCUT2D eigenvalue weighted by Crippen LogP contribution is 2.23. The van der Waals surface area contributed by atoms with E-state index in [2.05, 4.69) is 0 Å². The molecule has 8 nitrogen and oxygen atoms in total. The quantitative estimate of drug-likeness (QED) is 0.521. The van der Waals surface area contributed by atoms with E-state index in [1.807, 2.05) is 30.3 Å². The second-order valence-corrected chi connectivity index (χ2v) is 7.80. The summed E-state index contributed by atoms with van der Waals surface area (Å²) in [6.45, 7) is 2.07. The number of benzene rings is 1. The molecule has 1 N–H and O–H groups in total. The average Bonchev–Trinajstić information content (AvgIpc) is 3.12. The molecule has 0 amide bonds. The lowest BCUT2D eigenvalue weighted by molar-refractivity contribution is -0.142. The highest BCUT2D eigenvalue weighted by atomic mass is 32.1. The third-order valence-corrected chi connectivity index (χ3v) is 5.74. The number of carbonyl (C=O) groups is 2. The zero-order chi connectivity index (χ0) is 21.7. The van der Waals surface area contributed by atoms with Gasteiger partial charge >= 0.3 is 17.6 Å². The average molecular weight is 430 g/mol. The minimum atomic E-state index is -1.04. The lowest BCUT2D eigenvalue weighted by Gasteiger charge is -2.11. The van der Waals surface area contributed by atoms with Crippen LogP contribution in [0.25, 0.3) is 10.2 Å². The van der Waals surface area contributed by atoms with Gasteiger partial charge < -0.3 is 9.84 Å². The largest absolute Gasteiger partial charge is 0.481 e. The van der Waals surface area contributed by atoms with Crippen molar-refractivity contribution in [2.75, 3.05) is 6.61 Å². The molecule has 0 saturated carbocycles. The van der Waals surface area contributed by atoms with Crippen molar-refractivity contribution in [1.29, 1.82) is 0 Å². The van der Waals surface area contributed by atoms with Gasteiger partial charge in [0.2, 0.25) is 0 Å². The number of fused-ring (bicyclic) bond motifs is 1. The number of carboxylic acids is 1. The first-order valence-electron chi connectivity index (χ1n) is 9.58. The summed E-state index contributed by atoms with van der Waals surface area (Å²) < 4.78 is 7.41. The molecule has 0 aliphatic heterocycles. The number of thiophene rings is 1. The van der Waals surface area contributed by atoms with Crippen LogP contribution in [0.3, 0.4) is 0 Å². The summed E-state index contributed by atoms with van der Waals surface area (Å²) in [5.74, 6) is -1.46. The standard InChI is InChI=1S/C21H22N2O6S/c1-2-29-18(26)13-15-12-16-19(27)22(10-8-14-6-4-3-5-7-14)21(28)23(20(16)30-15)11-9-17(24)25/h3-7,12H,2,8-11,13H2,1H3,(H,24,25). The molecule has 0 bridgehead atoms. The van der Waals surface area contributed by atoms with Gasteiger partial charge in [0.1, 0.15) is 4.83 Å². The molecule has 0 unspecified atom stereocenters. The van der Waals surface area contributed by atoms with E-state index in [0.29, 0.717) is 21.5 Å². The van der Waals surface area contributed by atoms with Crippen LogP contribution in [-0.2, 0) is 40.3 Å². The van der Waals surface area contributed by atoms with Crippen LogP contribution >= 0.6 is 11.3 Å². The molecule has 0 spiro atoms. The van der Waals surface area contributed by atoms with Crippen LogP contribution in [0.4, 0.5) is 0 Å². The van der Waals surface area contributed by atoms with Crippen molar-refractivity contribution in [2.45, 2.75) is 39.3 Å². The van der Waals surface area contributed by atoms with E-state index in [1.165, 1.54) is 4.57 Å². The molecule has 0 saturated heterocycles. The Morgan fingerprint density at radius 3 is 2.50 bits per heavy atom. The van der Waals surface area contributed by atoms with E-state index in [4.69, 9.17) is 9.84 Å². The maximum atomic E-state index is 13.0. The maximum absolute atomic E-state index is 13.0. The first-order chi connectivity index (χ1) is 14.4. The Hall–Kier alpha value is -3.20. The number of carbonyl (C=O) groups excluding carboxylic acids is 1. The molecule has 158 valence electrons. The number of hydrogen-bond acceptors (Lipinski definition) is 6. The lowest BCUT2D eigenvalue weighted by Crippen LogP contribution is -2.40. The number of rotatable bonds is 9. The molecule has 0 atom stereocenters. The molecule has 9 heteroatoms. The SMILES string of the molecule is CCOC(=O)Cc1cc2c(=O)n(CCc3ccccc3)c(=O)n(CCC(=O)O)c2s1. The maximum Gasteiger partial charge on any atom is 0.332 e. The molecule has 0 fully saturated rings. The van der Waals surface area contributed by atoms with Crippen molar-refractivity contribution in [3.8, 4) is 0 Å². The van der Waals surface area contributed by atoms with E-state index >= 15 is 0 Å². The fraction of sp³-hybridized carbons (Fsp3) is 0.333. The number of aliphatic carboxylic acids is 1. The number of ether oxygens (including phenoxy) is 1. The van der Waals surface area contributed by atoms with Gasteiger partial charge in [0.25, 0.3) is 5.56 Å². The van der Waals surface area contributed by atoms with Crippen LogP contribution in [0.15, 0.2) is 46.0 Å². The van der Waals surface area contributed by atoms with Gasteiger partial charge in [0.15, 0.2) is 0 Å². The van der Waals surface area contributed by atoms with Gasteiger partial charge in [-0.2, -0.15) is 0 Å². The van der Waals surface area contributed by atoms with E-state index in [9.17, 15) is 19.2 Å². The molecule has 0 radical (unpaired) electrons. The molecule has 1 aromatic carbocycles. The van der Waals surface area contributed by atoms with Crippen molar-refractivity contribution in [1.82, 2.24) is 9.13 Å². The molecule has 3 aromatic rings. The van der Waals surface area contributed by atoms with Crippen molar-refractivity contribution >= 4 is 33.5 Å². The number of hydrogen-bond donors (Lipinski definition) is 1. The van der Waals surface area contributed by atoms with Crippen molar-refractivity contribution in [3.05, 3.63) is 67.7 Å². The van der Waals surface area contributed by atoms with E-state index in [1.54, 1.807) is 13.0 Å². The summed E-state index contributed by atoms with van der Waals surface area (Å²) in [5, 5.41) is 9.36. The van der Waals surface area contributed by atoms with Gasteiger partial charge in [-0.05, 0) is 25.0 Å². The number of aromatic nitrogens is 2. The number of aryl methyl sites for hydroxylation is 2. The van der Waals surface area contributed by atoms with E-state index < -0.39 is 23.2 Å². The summed E-state index contributed by atoms with van der Waals surface area (Å²) in [7, 11) is 0. The highest BCUT2D eigenvalue weighted by Gasteiger charge is 2.18. The molecule has 0 aliphatic carbocycles. The van der Waals surface area contributed by atoms with Gasteiger partial charge in [-0.25, -0.2) is 4.79 Å². The second-order valence-electron chi connectivity index (χ2n) is 6.68. The lowest BCUT2D eigenvalue weighted by atomic mass is 10.1. The number of esters is 1. The van der Waals surface area contributed by atoms with Crippen LogP contribution in [0, 0.1) is 0 Å². The number of nitrogens with zero attached hydrogens (tertiary/aromatic N) is 2. The first kappa shape index (κ1) is 21.5. The summed E-state index contributed by atoms with van der Waals surface area (Å²) in [6.07, 6.45) is 0.223. The topological polar surface area (TPSA) is 108 Å². The fourth-order valence-corrected chi connectivity index (χ4v) is 4.33. The third-order valence-electron chi connectivity index (χ3n) is 4.59. The first-order valence-corrected chi connectivity index (χ1v) is 10.4. The van der Waals surface area contributed by atoms with Crippen LogP contribution < -0.4 is 11.2 Å². The summed E-state index contributed by atoms with van der Waals surface area (Å²) >= 11 is 1.14. The molecule has 0 aliphatic rings. The van der Waals surface area contributed by atoms with E-state index in [0.717, 1.165) is 21.5 Å². The normalized spacial score (nSPS) is 11.0. The predicted octanol–water partition coefficient (Wildman–Crippen LogP) is 2.05. The van der Waals surface area contributed by atoms with E-state index in [-0.39, 0.29) is 32.5 Å². The molecule has 3 rings (SSSR count). The smallest absolute Gasteiger partial charge is 0.332 e. The van der Waals surface area contributed by atoms with Gasteiger partial charge in [-0.15, -0.1) is 11.3 Å².